The fourth-order valence-electron chi connectivity index (χ4n) is 6.10. The van der Waals surface area contributed by atoms with Crippen LogP contribution in [0.1, 0.15) is 83.7 Å². The van der Waals surface area contributed by atoms with Crippen LogP contribution in [-0.4, -0.2) is 46.5 Å². The molecule has 34 heavy (non-hydrogen) atoms. The molecule has 2 amide bonds. The zero-order valence-corrected chi connectivity index (χ0v) is 22.5. The quantitative estimate of drug-likeness (QED) is 0.610. The van der Waals surface area contributed by atoms with E-state index in [1.54, 1.807) is 23.3 Å². The predicted molar refractivity (Wildman–Crippen MR) is 134 cm³/mol. The van der Waals surface area contributed by atoms with E-state index in [0.29, 0.717) is 24.5 Å². The van der Waals surface area contributed by atoms with Gasteiger partial charge in [-0.15, -0.1) is 11.3 Å². The molecule has 8 heteroatoms. The van der Waals surface area contributed by atoms with Crippen molar-refractivity contribution in [2.45, 2.75) is 85.7 Å². The molecule has 1 aromatic heterocycles. The Morgan fingerprint density at radius 2 is 2.09 bits per heavy atom. The van der Waals surface area contributed by atoms with Crippen molar-refractivity contribution in [1.29, 1.82) is 5.26 Å². The zero-order valence-electron chi connectivity index (χ0n) is 21.6. The molecule has 0 bridgehead atoms. The Hall–Kier alpha value is -1.98. The van der Waals surface area contributed by atoms with Gasteiger partial charge < -0.3 is 15.3 Å². The maximum absolute atomic E-state index is 13.0. The Labute approximate surface area is 207 Å². The van der Waals surface area contributed by atoms with Gasteiger partial charge in [0.1, 0.15) is 0 Å². The van der Waals surface area contributed by atoms with Gasteiger partial charge in [0.15, 0.2) is 5.13 Å². The molecule has 2 N–H and O–H groups in total. The summed E-state index contributed by atoms with van der Waals surface area (Å²) in [7, 11) is 1.73. The molecule has 2 aliphatic rings. The highest BCUT2D eigenvalue weighted by Gasteiger charge is 2.54. The number of rotatable bonds is 6. The molecule has 0 aromatic carbocycles. The third-order valence-electron chi connectivity index (χ3n) is 7.83. The Balaban J connectivity index is 1.78. The number of aliphatic hydroxyl groups is 1. The van der Waals surface area contributed by atoms with Crippen molar-refractivity contribution < 1.29 is 14.7 Å². The van der Waals surface area contributed by atoms with E-state index in [2.05, 4.69) is 25.2 Å². The highest BCUT2D eigenvalue weighted by atomic mass is 32.1. The molecule has 0 unspecified atom stereocenters. The maximum Gasteiger partial charge on any atom is 0.226 e. The Kier molecular flexibility index (Phi) is 7.79. The molecule has 1 fully saturated rings. The lowest BCUT2D eigenvalue weighted by Gasteiger charge is -2.53. The Morgan fingerprint density at radius 1 is 1.41 bits per heavy atom. The summed E-state index contributed by atoms with van der Waals surface area (Å²) in [5.74, 6) is -0.427. The highest BCUT2D eigenvalue weighted by Crippen LogP contribution is 2.57. The van der Waals surface area contributed by atoms with Crippen LogP contribution in [-0.2, 0) is 16.0 Å². The van der Waals surface area contributed by atoms with Gasteiger partial charge in [-0.3, -0.25) is 9.59 Å². The summed E-state index contributed by atoms with van der Waals surface area (Å²) in [5.41, 5.74) is 0.812. The van der Waals surface area contributed by atoms with Gasteiger partial charge in [0.05, 0.1) is 24.3 Å². The molecular weight excluding hydrogens is 448 g/mol. The first-order valence-electron chi connectivity index (χ1n) is 12.4. The van der Waals surface area contributed by atoms with Crippen LogP contribution in [0, 0.1) is 39.9 Å². The predicted octanol–water partition coefficient (Wildman–Crippen LogP) is 4.58. The number of nitrogens with one attached hydrogen (secondary N) is 1. The highest BCUT2D eigenvalue weighted by molar-refractivity contribution is 7.15. The van der Waals surface area contributed by atoms with E-state index in [1.165, 1.54) is 4.88 Å². The van der Waals surface area contributed by atoms with Crippen LogP contribution < -0.4 is 5.32 Å². The normalized spacial score (nSPS) is 29.4. The molecule has 188 valence electrons. The van der Waals surface area contributed by atoms with Gasteiger partial charge in [0.25, 0.3) is 0 Å². The number of thiazole rings is 1. The molecule has 0 spiro atoms. The molecule has 1 aromatic rings. The van der Waals surface area contributed by atoms with Crippen molar-refractivity contribution in [1.82, 2.24) is 9.88 Å². The maximum atomic E-state index is 13.0. The molecule has 0 radical (unpaired) electrons. The standard InChI is InChI=1S/C26H40N4O3S/c1-15(23(33)30(7)12-8-11-27)17-9-10-26(6)13-18-21(16(2)20(26)22(17)32)29-24(34-18)28-19(31)14-25(3,4)5/h15-17,20,22,32H,8-10,12-14H2,1-7H3,(H,28,29,31)/t15-,16-,17+,20+,22-,26-/m0/s1. The molecule has 1 saturated carbocycles. The van der Waals surface area contributed by atoms with Crippen molar-refractivity contribution in [3.63, 3.8) is 0 Å². The topological polar surface area (TPSA) is 106 Å². The number of aromatic nitrogens is 1. The van der Waals surface area contributed by atoms with Crippen LogP contribution in [0.4, 0.5) is 5.13 Å². The third-order valence-corrected chi connectivity index (χ3v) is 8.81. The minimum absolute atomic E-state index is 0.00126. The second kappa shape index (κ2) is 9.94. The molecule has 6 atom stereocenters. The first-order chi connectivity index (χ1) is 15.8. The second-order valence-electron chi connectivity index (χ2n) is 11.9. The Morgan fingerprint density at radius 3 is 2.71 bits per heavy atom. The molecule has 3 rings (SSSR count). The van der Waals surface area contributed by atoms with E-state index in [1.807, 2.05) is 27.7 Å². The monoisotopic (exact) mass is 488 g/mol. The van der Waals surface area contributed by atoms with Gasteiger partial charge in [-0.2, -0.15) is 5.26 Å². The molecule has 0 saturated heterocycles. The van der Waals surface area contributed by atoms with E-state index >= 15 is 0 Å². The lowest BCUT2D eigenvalue weighted by atomic mass is 9.53. The summed E-state index contributed by atoms with van der Waals surface area (Å²) in [6, 6.07) is 2.09. The number of carbonyl (C=O) groups excluding carboxylic acids is 2. The number of hydrogen-bond donors (Lipinski definition) is 2. The molecule has 7 nitrogen and oxygen atoms in total. The van der Waals surface area contributed by atoms with Gasteiger partial charge in [0, 0.05) is 36.7 Å². The first kappa shape index (κ1) is 26.6. The number of hydrogen-bond acceptors (Lipinski definition) is 6. The van der Waals surface area contributed by atoms with E-state index in [4.69, 9.17) is 10.2 Å². The molecule has 1 heterocycles. The SMILES string of the molecule is C[C@H](C(=O)N(C)CCC#N)[C@H]1CC[C@@]2(C)Cc3sc(NC(=O)CC(C)(C)C)nc3[C@@H](C)[C@@H]2[C@H]1O. The van der Waals surface area contributed by atoms with Crippen LogP contribution >= 0.6 is 11.3 Å². The van der Waals surface area contributed by atoms with Gasteiger partial charge >= 0.3 is 0 Å². The minimum Gasteiger partial charge on any atom is -0.392 e. The van der Waals surface area contributed by atoms with Crippen LogP contribution in [0.25, 0.3) is 0 Å². The fourth-order valence-corrected chi connectivity index (χ4v) is 7.38. The van der Waals surface area contributed by atoms with Crippen molar-refractivity contribution in [2.75, 3.05) is 18.9 Å². The van der Waals surface area contributed by atoms with Crippen LogP contribution in [0.15, 0.2) is 0 Å². The summed E-state index contributed by atoms with van der Waals surface area (Å²) in [6.07, 6.45) is 2.70. The lowest BCUT2D eigenvalue weighted by Crippen LogP contribution is -2.53. The van der Waals surface area contributed by atoms with E-state index in [-0.39, 0.29) is 46.3 Å². The van der Waals surface area contributed by atoms with Gasteiger partial charge in [-0.1, -0.05) is 41.5 Å². The number of aliphatic hydroxyl groups excluding tert-OH is 1. The average Bonchev–Trinajstić information content (AvgIpc) is 3.11. The summed E-state index contributed by atoms with van der Waals surface area (Å²) in [5, 5.41) is 24.0. The van der Waals surface area contributed by atoms with Crippen molar-refractivity contribution >= 4 is 28.3 Å². The molecular formula is C26H40N4O3S. The van der Waals surface area contributed by atoms with Gasteiger partial charge in [-0.05, 0) is 41.9 Å². The van der Waals surface area contributed by atoms with Crippen LogP contribution in [0.2, 0.25) is 0 Å². The smallest absolute Gasteiger partial charge is 0.226 e. The van der Waals surface area contributed by atoms with Gasteiger partial charge in [0.2, 0.25) is 11.8 Å². The van der Waals surface area contributed by atoms with Crippen molar-refractivity contribution in [3.8, 4) is 6.07 Å². The van der Waals surface area contributed by atoms with E-state index in [0.717, 1.165) is 25.0 Å². The number of anilines is 1. The molecule has 2 aliphatic carbocycles. The Bertz CT molecular complexity index is 962. The summed E-state index contributed by atoms with van der Waals surface area (Å²) in [6.45, 7) is 12.8. The fraction of sp³-hybridized carbons (Fsp3) is 0.769. The van der Waals surface area contributed by atoms with Crippen molar-refractivity contribution in [3.05, 3.63) is 10.6 Å². The molecule has 0 aliphatic heterocycles. The largest absolute Gasteiger partial charge is 0.392 e. The minimum atomic E-state index is -0.606. The van der Waals surface area contributed by atoms with Gasteiger partial charge in [-0.25, -0.2) is 4.98 Å². The third kappa shape index (κ3) is 5.46. The number of carbonyl (C=O) groups is 2. The number of fused-ring (bicyclic) bond motifs is 2. The van der Waals surface area contributed by atoms with Crippen LogP contribution in [0.5, 0.6) is 0 Å². The lowest BCUT2D eigenvalue weighted by molar-refractivity contribution is -0.143. The van der Waals surface area contributed by atoms with E-state index < -0.39 is 6.10 Å². The van der Waals surface area contributed by atoms with Crippen molar-refractivity contribution in [2.24, 2.45) is 28.6 Å². The number of amides is 2. The summed E-state index contributed by atoms with van der Waals surface area (Å²) >= 11 is 1.56. The zero-order chi connectivity index (χ0) is 25.4. The van der Waals surface area contributed by atoms with E-state index in [9.17, 15) is 14.7 Å². The number of nitriles is 1. The first-order valence-corrected chi connectivity index (χ1v) is 13.2. The number of nitrogens with zero attached hydrogens (tertiary/aromatic N) is 3. The summed E-state index contributed by atoms with van der Waals surface area (Å²) < 4.78 is 0. The van der Waals surface area contributed by atoms with Crippen LogP contribution in [0.3, 0.4) is 0 Å². The second-order valence-corrected chi connectivity index (χ2v) is 13.0. The summed E-state index contributed by atoms with van der Waals surface area (Å²) in [4.78, 5) is 33.0. The average molecular weight is 489 g/mol.